The van der Waals surface area contributed by atoms with E-state index < -0.39 is 0 Å². The molecule has 23 heavy (non-hydrogen) atoms. The zero-order chi connectivity index (χ0) is 15.6. The monoisotopic (exact) mass is 328 g/mol. The number of fused-ring (bicyclic) bond motifs is 1. The van der Waals surface area contributed by atoms with Crippen LogP contribution in [-0.2, 0) is 0 Å². The first-order valence-electron chi connectivity index (χ1n) is 8.35. The molecule has 3 aliphatic heterocycles. The van der Waals surface area contributed by atoms with Gasteiger partial charge in [0.1, 0.15) is 0 Å². The number of nitrogens with zero attached hydrogens (tertiary/aromatic N) is 2. The van der Waals surface area contributed by atoms with Crippen LogP contribution in [0.25, 0.3) is 10.2 Å². The smallest absolute Gasteiger partial charge is 0.251 e. The van der Waals surface area contributed by atoms with E-state index in [1.807, 2.05) is 18.2 Å². The maximum Gasteiger partial charge on any atom is 0.251 e. The molecule has 1 aromatic carbocycles. The largest absolute Gasteiger partial charge is 0.375 e. The fourth-order valence-corrected chi connectivity index (χ4v) is 5.74. The van der Waals surface area contributed by atoms with Gasteiger partial charge in [0.2, 0.25) is 0 Å². The summed E-state index contributed by atoms with van der Waals surface area (Å²) in [6, 6.07) is 6.01. The average Bonchev–Trinajstić information content (AvgIpc) is 2.89. The first-order chi connectivity index (χ1) is 11.2. The molecule has 0 radical (unpaired) electrons. The van der Waals surface area contributed by atoms with Crippen molar-refractivity contribution < 1.29 is 4.79 Å². The summed E-state index contributed by atoms with van der Waals surface area (Å²) >= 11 is 1.43. The molecule has 2 atom stereocenters. The van der Waals surface area contributed by atoms with E-state index in [1.54, 1.807) is 0 Å². The molecular weight excluding hydrogens is 308 g/mol. The molecule has 3 N–H and O–H groups in total. The van der Waals surface area contributed by atoms with Gasteiger partial charge < -0.3 is 16.0 Å². The Morgan fingerprint density at radius 3 is 2.78 bits per heavy atom. The second kappa shape index (κ2) is 4.92. The van der Waals surface area contributed by atoms with Gasteiger partial charge in [0.15, 0.2) is 5.13 Å². The second-order valence-electron chi connectivity index (χ2n) is 7.31. The van der Waals surface area contributed by atoms with Gasteiger partial charge in [-0.05, 0) is 48.8 Å². The van der Waals surface area contributed by atoms with Crippen molar-refractivity contribution in [2.75, 3.05) is 25.4 Å². The lowest BCUT2D eigenvalue weighted by Gasteiger charge is -2.55. The summed E-state index contributed by atoms with van der Waals surface area (Å²) in [5.74, 6) is 2.17. The number of carbonyl (C=O) groups excluding carboxylic acids is 1. The molecule has 5 nitrogen and oxygen atoms in total. The highest BCUT2D eigenvalue weighted by Crippen LogP contribution is 2.43. The van der Waals surface area contributed by atoms with Crippen molar-refractivity contribution in [3.05, 3.63) is 23.8 Å². The van der Waals surface area contributed by atoms with Crippen LogP contribution in [0.3, 0.4) is 0 Å². The number of aromatic nitrogens is 1. The number of amides is 1. The maximum atomic E-state index is 12.7. The van der Waals surface area contributed by atoms with E-state index in [0.29, 0.717) is 23.0 Å². The van der Waals surface area contributed by atoms with E-state index in [-0.39, 0.29) is 5.91 Å². The molecule has 1 saturated carbocycles. The third kappa shape index (κ3) is 2.23. The van der Waals surface area contributed by atoms with Gasteiger partial charge in [-0.3, -0.25) is 4.79 Å². The van der Waals surface area contributed by atoms with Crippen LogP contribution in [0.4, 0.5) is 5.13 Å². The standard InChI is InChI=1S/C17H20N4OS/c18-17-19-13-2-1-10(5-14(13)23-17)16(22)20-15-11-3-9-4-12(15)8-21(6-9)7-11/h1-2,5,9,11-12,15H,3-4,6-8H2,(H2,18,19)(H,20,22). The fourth-order valence-electron chi connectivity index (χ4n) is 4.96. The van der Waals surface area contributed by atoms with Crippen molar-refractivity contribution in [2.24, 2.45) is 17.8 Å². The van der Waals surface area contributed by atoms with E-state index in [9.17, 15) is 4.79 Å². The molecule has 3 saturated heterocycles. The van der Waals surface area contributed by atoms with Gasteiger partial charge in [0, 0.05) is 31.2 Å². The van der Waals surface area contributed by atoms with Crippen LogP contribution in [0.1, 0.15) is 23.2 Å². The highest BCUT2D eigenvalue weighted by Gasteiger charge is 2.47. The van der Waals surface area contributed by atoms with E-state index in [2.05, 4.69) is 15.2 Å². The number of hydrogen-bond acceptors (Lipinski definition) is 5. The summed E-state index contributed by atoms with van der Waals surface area (Å²) in [6.45, 7) is 3.59. The van der Waals surface area contributed by atoms with Crippen molar-refractivity contribution in [2.45, 2.75) is 18.9 Å². The number of nitrogens with one attached hydrogen (secondary N) is 1. The predicted molar refractivity (Wildman–Crippen MR) is 91.4 cm³/mol. The number of piperidine rings is 3. The lowest BCUT2D eigenvalue weighted by atomic mass is 9.65. The third-order valence-electron chi connectivity index (χ3n) is 5.75. The van der Waals surface area contributed by atoms with Crippen molar-refractivity contribution >= 4 is 32.6 Å². The molecule has 1 aromatic heterocycles. The van der Waals surface area contributed by atoms with Gasteiger partial charge in [-0.1, -0.05) is 11.3 Å². The summed E-state index contributed by atoms with van der Waals surface area (Å²) in [6.07, 6.45) is 2.56. The minimum absolute atomic E-state index is 0.0475. The topological polar surface area (TPSA) is 71.2 Å². The average molecular weight is 328 g/mol. The van der Waals surface area contributed by atoms with Crippen LogP contribution in [0.15, 0.2) is 18.2 Å². The number of nitrogen functional groups attached to an aromatic ring is 1. The summed E-state index contributed by atoms with van der Waals surface area (Å²) in [7, 11) is 0. The van der Waals surface area contributed by atoms with E-state index in [1.165, 1.54) is 30.7 Å². The molecule has 2 unspecified atom stereocenters. The van der Waals surface area contributed by atoms with Crippen molar-refractivity contribution in [1.29, 1.82) is 0 Å². The van der Waals surface area contributed by atoms with Crippen LogP contribution in [0.2, 0.25) is 0 Å². The molecule has 120 valence electrons. The zero-order valence-corrected chi connectivity index (χ0v) is 13.7. The number of benzene rings is 1. The van der Waals surface area contributed by atoms with Gasteiger partial charge in [0.25, 0.3) is 5.91 Å². The third-order valence-corrected chi connectivity index (χ3v) is 6.60. The Bertz CT molecular complexity index is 758. The normalized spacial score (nSPS) is 34.9. The molecule has 4 bridgehead atoms. The lowest BCUT2D eigenvalue weighted by molar-refractivity contribution is -0.0418. The first kappa shape index (κ1) is 13.7. The quantitative estimate of drug-likeness (QED) is 0.884. The lowest BCUT2D eigenvalue weighted by Crippen LogP contribution is -2.64. The van der Waals surface area contributed by atoms with Crippen LogP contribution in [0, 0.1) is 17.8 Å². The molecule has 6 heteroatoms. The minimum Gasteiger partial charge on any atom is -0.375 e. The van der Waals surface area contributed by atoms with Gasteiger partial charge in [-0.25, -0.2) is 4.98 Å². The molecule has 2 aromatic rings. The van der Waals surface area contributed by atoms with Crippen LogP contribution >= 0.6 is 11.3 Å². The number of anilines is 1. The summed E-state index contributed by atoms with van der Waals surface area (Å²) < 4.78 is 0.978. The second-order valence-corrected chi connectivity index (χ2v) is 8.37. The Morgan fingerprint density at radius 2 is 2.04 bits per heavy atom. The van der Waals surface area contributed by atoms with E-state index in [0.717, 1.165) is 34.8 Å². The molecule has 4 fully saturated rings. The Kier molecular flexibility index (Phi) is 2.94. The molecule has 4 aliphatic rings. The Morgan fingerprint density at radius 1 is 1.26 bits per heavy atom. The molecule has 1 aliphatic carbocycles. The molecular formula is C17H20N4OS. The minimum atomic E-state index is 0.0475. The highest BCUT2D eigenvalue weighted by atomic mass is 32.1. The fraction of sp³-hybridized carbons (Fsp3) is 0.529. The zero-order valence-electron chi connectivity index (χ0n) is 12.9. The molecule has 1 amide bonds. The van der Waals surface area contributed by atoms with Gasteiger partial charge in [0.05, 0.1) is 10.2 Å². The Hall–Kier alpha value is -1.66. The molecule has 4 heterocycles. The van der Waals surface area contributed by atoms with Crippen molar-refractivity contribution in [3.8, 4) is 0 Å². The van der Waals surface area contributed by atoms with Crippen molar-refractivity contribution in [3.63, 3.8) is 0 Å². The Labute approximate surface area is 138 Å². The Balaban J connectivity index is 1.38. The predicted octanol–water partition coefficient (Wildman–Crippen LogP) is 1.95. The SMILES string of the molecule is Nc1nc2ccc(C(=O)NC3C4CC5CC3CN(C5)C4)cc2s1. The van der Waals surface area contributed by atoms with Crippen LogP contribution in [0.5, 0.6) is 0 Å². The van der Waals surface area contributed by atoms with E-state index in [4.69, 9.17) is 5.73 Å². The van der Waals surface area contributed by atoms with Gasteiger partial charge in [-0.15, -0.1) is 0 Å². The summed E-state index contributed by atoms with van der Waals surface area (Å²) in [5.41, 5.74) is 7.33. The van der Waals surface area contributed by atoms with Crippen LogP contribution in [-0.4, -0.2) is 41.5 Å². The number of hydrogen-bond donors (Lipinski definition) is 2. The maximum absolute atomic E-state index is 12.7. The number of rotatable bonds is 2. The number of carbonyl (C=O) groups is 1. The summed E-state index contributed by atoms with van der Waals surface area (Å²) in [4.78, 5) is 19.5. The number of nitrogens with two attached hydrogens (primary N) is 1. The van der Waals surface area contributed by atoms with Gasteiger partial charge in [-0.2, -0.15) is 0 Å². The van der Waals surface area contributed by atoms with Gasteiger partial charge >= 0.3 is 0 Å². The molecule has 6 rings (SSSR count). The van der Waals surface area contributed by atoms with Crippen molar-refractivity contribution in [1.82, 2.24) is 15.2 Å². The first-order valence-corrected chi connectivity index (χ1v) is 9.16. The highest BCUT2D eigenvalue weighted by molar-refractivity contribution is 7.22. The van der Waals surface area contributed by atoms with Crippen LogP contribution < -0.4 is 11.1 Å². The summed E-state index contributed by atoms with van der Waals surface area (Å²) in [5, 5.41) is 3.89. The molecule has 0 spiro atoms. The number of thiazole rings is 1. The van der Waals surface area contributed by atoms with E-state index >= 15 is 0 Å².